The minimum Gasteiger partial charge on any atom is -0.537 e. The van der Waals surface area contributed by atoms with Gasteiger partial charge in [-0.05, 0) is 48.9 Å². The zero-order valence-electron chi connectivity index (χ0n) is 17.6. The molecule has 0 spiro atoms. The van der Waals surface area contributed by atoms with Gasteiger partial charge in [-0.3, -0.25) is 4.98 Å². The number of sulfonamides is 1. The minimum absolute atomic E-state index is 0. The second-order valence-corrected chi connectivity index (χ2v) is 8.20. The summed E-state index contributed by atoms with van der Waals surface area (Å²) in [7, 11) is -3.24. The number of methoxy groups -OCH3 is 1. The standard InChI is InChI=1S/C21H16F4N2O4S.K/c1-12-9-14(11-26-19(12)16-5-3-4-6-18(16)31-2)32(29,30)27-20(28)15-8-7-13(22)10-17(15)21(23,24)25;/h3-11H,1-2H3,(H,27,28);/q;+1/p-1. The molecule has 0 fully saturated rings. The average Bonchev–Trinajstić information content (AvgIpc) is 2.72. The molecule has 6 nitrogen and oxygen atoms in total. The molecule has 168 valence electrons. The Morgan fingerprint density at radius 2 is 1.76 bits per heavy atom. The van der Waals surface area contributed by atoms with E-state index in [-0.39, 0.29) is 57.5 Å². The number of halogens is 4. The Hall–Kier alpha value is -1.83. The summed E-state index contributed by atoms with van der Waals surface area (Å²) >= 11 is 0. The Morgan fingerprint density at radius 1 is 1.09 bits per heavy atom. The van der Waals surface area contributed by atoms with Crippen LogP contribution < -0.4 is 56.1 Å². The molecule has 0 unspecified atom stereocenters. The molecule has 3 aromatic rings. The molecule has 1 aromatic heterocycles. The summed E-state index contributed by atoms with van der Waals surface area (Å²) in [5, 5.41) is 0. The molecule has 33 heavy (non-hydrogen) atoms. The van der Waals surface area contributed by atoms with Crippen LogP contribution in [0.15, 0.2) is 59.6 Å². The Kier molecular flexibility index (Phi) is 8.82. The molecule has 0 saturated carbocycles. The molecule has 3 rings (SSSR count). The summed E-state index contributed by atoms with van der Waals surface area (Å²) in [6.45, 7) is 1.57. The third-order valence-corrected chi connectivity index (χ3v) is 5.66. The molecule has 1 heterocycles. The van der Waals surface area contributed by atoms with Gasteiger partial charge in [-0.1, -0.05) is 12.1 Å². The van der Waals surface area contributed by atoms with Crippen LogP contribution in [0.3, 0.4) is 0 Å². The second kappa shape index (κ2) is 10.6. The monoisotopic (exact) mass is 506 g/mol. The van der Waals surface area contributed by atoms with Gasteiger partial charge in [-0.15, -0.1) is 0 Å². The van der Waals surface area contributed by atoms with Crippen LogP contribution in [0.4, 0.5) is 17.6 Å². The van der Waals surface area contributed by atoms with Gasteiger partial charge in [0.25, 0.3) is 0 Å². The number of nitrogens with zero attached hydrogens (tertiary/aromatic N) is 2. The van der Waals surface area contributed by atoms with Crippen molar-refractivity contribution >= 4 is 15.9 Å². The molecule has 0 aliphatic rings. The van der Waals surface area contributed by atoms with Gasteiger partial charge in [-0.2, -0.15) is 13.2 Å². The minimum atomic E-state index is -5.08. The second-order valence-electron chi connectivity index (χ2n) is 6.60. The van der Waals surface area contributed by atoms with Crippen LogP contribution in [0.1, 0.15) is 21.5 Å². The van der Waals surface area contributed by atoms with E-state index in [1.165, 1.54) is 13.2 Å². The molecule has 0 atom stereocenters. The van der Waals surface area contributed by atoms with Gasteiger partial charge < -0.3 is 14.3 Å². The van der Waals surface area contributed by atoms with Crippen molar-refractivity contribution < 1.29 is 86.9 Å². The Morgan fingerprint density at radius 3 is 2.36 bits per heavy atom. The summed E-state index contributed by atoms with van der Waals surface area (Å²) in [6, 6.07) is 9.31. The first-order chi connectivity index (χ1) is 14.9. The van der Waals surface area contributed by atoms with E-state index in [1.807, 2.05) is 0 Å². The van der Waals surface area contributed by atoms with E-state index < -0.39 is 43.9 Å². The number of aromatic nitrogens is 1. The van der Waals surface area contributed by atoms with Crippen LogP contribution in [0.25, 0.3) is 16.0 Å². The topological polar surface area (TPSA) is 87.4 Å². The van der Waals surface area contributed by atoms with Crippen molar-refractivity contribution in [1.29, 1.82) is 0 Å². The first kappa shape index (κ1) is 27.4. The predicted molar refractivity (Wildman–Crippen MR) is 107 cm³/mol. The third kappa shape index (κ3) is 6.19. The number of benzene rings is 2. The zero-order valence-corrected chi connectivity index (χ0v) is 21.6. The Labute approximate surface area is 229 Å². The number of hydrogen-bond acceptors (Lipinski definition) is 5. The van der Waals surface area contributed by atoms with Crippen molar-refractivity contribution in [2.24, 2.45) is 0 Å². The number of amides is 1. The van der Waals surface area contributed by atoms with E-state index in [2.05, 4.69) is 9.71 Å². The van der Waals surface area contributed by atoms with Crippen LogP contribution in [0, 0.1) is 12.7 Å². The summed E-state index contributed by atoms with van der Waals surface area (Å²) in [5.41, 5.74) is -1.31. The molecule has 0 aliphatic heterocycles. The summed E-state index contributed by atoms with van der Waals surface area (Å²) < 4.78 is 86.0. The predicted octanol–water partition coefficient (Wildman–Crippen LogP) is 2.13. The van der Waals surface area contributed by atoms with Crippen LogP contribution in [-0.2, 0) is 16.2 Å². The van der Waals surface area contributed by atoms with Gasteiger partial charge in [0.1, 0.15) is 21.6 Å². The number of pyridine rings is 1. The van der Waals surface area contributed by atoms with Crippen molar-refractivity contribution in [1.82, 2.24) is 4.98 Å². The Balaban J connectivity index is 0.00000385. The van der Waals surface area contributed by atoms with Gasteiger partial charge in [0.2, 0.25) is 0 Å². The maximum atomic E-state index is 13.2. The van der Waals surface area contributed by atoms with E-state index in [0.29, 0.717) is 34.7 Å². The molecule has 1 amide bonds. The van der Waals surface area contributed by atoms with Gasteiger partial charge in [0.15, 0.2) is 0 Å². The molecule has 2 aromatic carbocycles. The largest absolute Gasteiger partial charge is 1.00 e. The third-order valence-electron chi connectivity index (χ3n) is 4.43. The van der Waals surface area contributed by atoms with Crippen LogP contribution >= 0.6 is 0 Å². The van der Waals surface area contributed by atoms with E-state index in [1.54, 1.807) is 31.2 Å². The van der Waals surface area contributed by atoms with Crippen molar-refractivity contribution in [2.45, 2.75) is 18.0 Å². The van der Waals surface area contributed by atoms with Crippen molar-refractivity contribution in [3.8, 4) is 17.0 Å². The molecule has 0 radical (unpaired) electrons. The van der Waals surface area contributed by atoms with Gasteiger partial charge in [0.05, 0.1) is 29.2 Å². The first-order valence-electron chi connectivity index (χ1n) is 8.93. The first-order valence-corrected chi connectivity index (χ1v) is 10.4. The number of para-hydroxylation sites is 1. The number of rotatable bonds is 5. The van der Waals surface area contributed by atoms with Gasteiger partial charge in [-0.25, -0.2) is 12.8 Å². The molecule has 0 N–H and O–H groups in total. The van der Waals surface area contributed by atoms with Crippen molar-refractivity contribution in [3.05, 3.63) is 82.0 Å². The van der Waals surface area contributed by atoms with E-state index >= 15 is 0 Å². The SMILES string of the molecule is COc1ccccc1-c1ncc(S(=O)(=O)[N-]C(=O)c2ccc(F)cc2C(F)(F)F)cc1C.[K+]. The van der Waals surface area contributed by atoms with Crippen LogP contribution in [-0.4, -0.2) is 26.4 Å². The number of carbonyl (C=O) groups excluding carboxylic acids is 1. The molecule has 12 heteroatoms. The Bertz CT molecular complexity index is 1300. The van der Waals surface area contributed by atoms with Crippen molar-refractivity contribution in [3.63, 3.8) is 0 Å². The van der Waals surface area contributed by atoms with E-state index in [4.69, 9.17) is 4.74 Å². The average molecular weight is 507 g/mol. The smallest absolute Gasteiger partial charge is 0.537 e. The zero-order chi connectivity index (χ0) is 23.7. The number of carbonyl (C=O) groups is 1. The molecule has 0 saturated heterocycles. The van der Waals surface area contributed by atoms with Crippen LogP contribution in [0.5, 0.6) is 5.75 Å². The number of alkyl halides is 3. The fraction of sp³-hybridized carbons (Fsp3) is 0.143. The van der Waals surface area contributed by atoms with Crippen molar-refractivity contribution in [2.75, 3.05) is 7.11 Å². The van der Waals surface area contributed by atoms with E-state index in [0.717, 1.165) is 6.20 Å². The molecular formula is C21H15F4KN2O4S. The fourth-order valence-corrected chi connectivity index (χ4v) is 3.89. The number of hydrogen-bond donors (Lipinski definition) is 0. The molecule has 0 bridgehead atoms. The van der Waals surface area contributed by atoms with E-state index in [9.17, 15) is 30.8 Å². The normalized spacial score (nSPS) is 11.5. The number of ether oxygens (including phenoxy) is 1. The quantitative estimate of drug-likeness (QED) is 0.391. The van der Waals surface area contributed by atoms with Gasteiger partial charge in [0, 0.05) is 17.3 Å². The summed E-state index contributed by atoms with van der Waals surface area (Å²) in [5.74, 6) is -2.41. The summed E-state index contributed by atoms with van der Waals surface area (Å²) in [4.78, 5) is 15.9. The molecule has 0 aliphatic carbocycles. The number of aryl methyl sites for hydroxylation is 1. The van der Waals surface area contributed by atoms with Gasteiger partial charge >= 0.3 is 57.6 Å². The summed E-state index contributed by atoms with van der Waals surface area (Å²) in [6.07, 6.45) is -4.14. The maximum absolute atomic E-state index is 13.2. The maximum Gasteiger partial charge on any atom is 1.00 e. The molecular weight excluding hydrogens is 491 g/mol. The fourth-order valence-electron chi connectivity index (χ4n) is 2.96. The van der Waals surface area contributed by atoms with Crippen LogP contribution in [0.2, 0.25) is 0 Å².